The molecule has 1 aliphatic carbocycles. The number of aryl methyl sites for hydroxylation is 1. The van der Waals surface area contributed by atoms with Gasteiger partial charge in [0.05, 0.1) is 10.6 Å². The van der Waals surface area contributed by atoms with Crippen LogP contribution in [0.25, 0.3) is 11.0 Å². The summed E-state index contributed by atoms with van der Waals surface area (Å²) in [7, 11) is 0. The molecular formula is C21H16Cl2FNO3. The number of rotatable bonds is 2. The van der Waals surface area contributed by atoms with E-state index in [0.717, 1.165) is 35.8 Å². The first-order chi connectivity index (χ1) is 13.5. The topological polar surface area (TPSA) is 42.7 Å². The highest BCUT2D eigenvalue weighted by atomic mass is 35.5. The lowest BCUT2D eigenvalue weighted by atomic mass is 10.0. The maximum Gasteiger partial charge on any atom is 0.339 e. The minimum absolute atomic E-state index is 0.234. The van der Waals surface area contributed by atoms with Gasteiger partial charge in [0.1, 0.15) is 23.9 Å². The summed E-state index contributed by atoms with van der Waals surface area (Å²) in [5.74, 6) is 0.157. The highest BCUT2D eigenvalue weighted by molar-refractivity contribution is 6.33. The van der Waals surface area contributed by atoms with Gasteiger partial charge in [0.25, 0.3) is 0 Å². The third-order valence-electron chi connectivity index (χ3n) is 5.48. The summed E-state index contributed by atoms with van der Waals surface area (Å²) in [5, 5.41) is 1.73. The van der Waals surface area contributed by atoms with Crippen molar-refractivity contribution >= 4 is 34.2 Å². The zero-order valence-electron chi connectivity index (χ0n) is 14.9. The van der Waals surface area contributed by atoms with Crippen molar-refractivity contribution in [3.8, 4) is 5.75 Å². The normalized spacial score (nSPS) is 16.1. The molecule has 5 rings (SSSR count). The molecule has 1 aliphatic heterocycles. The molecule has 0 N–H and O–H groups in total. The molecule has 7 heteroatoms. The van der Waals surface area contributed by atoms with Crippen LogP contribution in [0.3, 0.4) is 0 Å². The van der Waals surface area contributed by atoms with Gasteiger partial charge in [-0.3, -0.25) is 4.90 Å². The molecule has 2 aromatic carbocycles. The average Bonchev–Trinajstić information content (AvgIpc) is 3.17. The molecule has 0 saturated carbocycles. The molecule has 144 valence electrons. The predicted octanol–water partition coefficient (Wildman–Crippen LogP) is 5.08. The Balaban J connectivity index is 1.60. The van der Waals surface area contributed by atoms with E-state index >= 15 is 0 Å². The number of fused-ring (bicyclic) bond motifs is 5. The zero-order chi connectivity index (χ0) is 19.4. The Morgan fingerprint density at radius 3 is 2.75 bits per heavy atom. The second-order valence-electron chi connectivity index (χ2n) is 7.20. The Hall–Kier alpha value is -2.08. The van der Waals surface area contributed by atoms with Crippen LogP contribution >= 0.6 is 23.2 Å². The Bertz CT molecular complexity index is 1150. The molecule has 2 heterocycles. The van der Waals surface area contributed by atoms with Gasteiger partial charge in [-0.25, -0.2) is 9.18 Å². The van der Waals surface area contributed by atoms with Crippen LogP contribution in [0.15, 0.2) is 33.5 Å². The number of nitrogens with zero attached hydrogens (tertiary/aromatic N) is 1. The molecule has 2 aliphatic rings. The van der Waals surface area contributed by atoms with Crippen molar-refractivity contribution in [3.05, 3.63) is 72.8 Å². The Morgan fingerprint density at radius 2 is 1.93 bits per heavy atom. The summed E-state index contributed by atoms with van der Waals surface area (Å²) < 4.78 is 25.7. The molecule has 0 amide bonds. The third-order valence-corrected chi connectivity index (χ3v) is 6.12. The standard InChI is InChI=1S/C21H16Cl2FNO3/c22-16-5-2-6-18(24)14(16)8-25-9-15-19-13(7-17(23)20(15)27-10-25)11-3-1-4-12(11)21(26)28-19/h2,5-7H,1,3-4,8-10H2. The minimum Gasteiger partial charge on any atom is -0.476 e. The monoisotopic (exact) mass is 419 g/mol. The van der Waals surface area contributed by atoms with E-state index in [2.05, 4.69) is 0 Å². The van der Waals surface area contributed by atoms with E-state index in [1.807, 2.05) is 11.0 Å². The quantitative estimate of drug-likeness (QED) is 0.543. The first-order valence-corrected chi connectivity index (χ1v) is 9.86. The second kappa shape index (κ2) is 6.76. The SMILES string of the molecule is O=c1oc2c3c(c(Cl)cc2c2c1CCC2)OCN(Cc1c(F)cccc1Cl)C3. The van der Waals surface area contributed by atoms with Crippen LogP contribution in [0.2, 0.25) is 10.0 Å². The summed E-state index contributed by atoms with van der Waals surface area (Å²) in [6.07, 6.45) is 2.50. The number of benzene rings is 2. The Morgan fingerprint density at radius 1 is 1.11 bits per heavy atom. The molecule has 1 aromatic heterocycles. The molecule has 0 fully saturated rings. The van der Waals surface area contributed by atoms with Gasteiger partial charge < -0.3 is 9.15 Å². The summed E-state index contributed by atoms with van der Waals surface area (Å²) in [4.78, 5) is 14.3. The van der Waals surface area contributed by atoms with Crippen LogP contribution in [-0.2, 0) is 25.9 Å². The molecule has 0 atom stereocenters. The van der Waals surface area contributed by atoms with Gasteiger partial charge in [0.15, 0.2) is 0 Å². The van der Waals surface area contributed by atoms with Crippen molar-refractivity contribution in [2.75, 3.05) is 6.73 Å². The first kappa shape index (κ1) is 18.0. The van der Waals surface area contributed by atoms with Gasteiger partial charge in [-0.15, -0.1) is 0 Å². The largest absolute Gasteiger partial charge is 0.476 e. The number of ether oxygens (including phenoxy) is 1. The van der Waals surface area contributed by atoms with E-state index in [-0.39, 0.29) is 24.7 Å². The van der Waals surface area contributed by atoms with Crippen molar-refractivity contribution in [1.29, 1.82) is 0 Å². The predicted molar refractivity (Wildman–Crippen MR) is 106 cm³/mol. The van der Waals surface area contributed by atoms with Crippen LogP contribution in [0, 0.1) is 5.82 Å². The molecule has 0 saturated heterocycles. The van der Waals surface area contributed by atoms with Crippen molar-refractivity contribution in [1.82, 2.24) is 4.90 Å². The Kier molecular flexibility index (Phi) is 4.34. The number of hydrogen-bond donors (Lipinski definition) is 0. The smallest absolute Gasteiger partial charge is 0.339 e. The van der Waals surface area contributed by atoms with E-state index in [4.69, 9.17) is 32.4 Å². The number of hydrogen-bond acceptors (Lipinski definition) is 4. The highest BCUT2D eigenvalue weighted by Crippen LogP contribution is 2.41. The fourth-order valence-corrected chi connectivity index (χ4v) is 4.66. The summed E-state index contributed by atoms with van der Waals surface area (Å²) >= 11 is 12.6. The van der Waals surface area contributed by atoms with Crippen LogP contribution in [-0.4, -0.2) is 11.6 Å². The van der Waals surface area contributed by atoms with Gasteiger partial charge in [0.2, 0.25) is 0 Å². The lowest BCUT2D eigenvalue weighted by Crippen LogP contribution is -2.32. The summed E-state index contributed by atoms with van der Waals surface area (Å²) in [6, 6.07) is 6.44. The molecule has 28 heavy (non-hydrogen) atoms. The molecule has 0 unspecified atom stereocenters. The fourth-order valence-electron chi connectivity index (χ4n) is 4.16. The van der Waals surface area contributed by atoms with Crippen LogP contribution in [0.4, 0.5) is 4.39 Å². The maximum absolute atomic E-state index is 14.2. The van der Waals surface area contributed by atoms with Crippen molar-refractivity contribution < 1.29 is 13.5 Å². The van der Waals surface area contributed by atoms with Gasteiger partial charge in [-0.1, -0.05) is 29.3 Å². The Labute approximate surface area is 170 Å². The average molecular weight is 420 g/mol. The van der Waals surface area contributed by atoms with Crippen molar-refractivity contribution in [3.63, 3.8) is 0 Å². The maximum atomic E-state index is 14.2. The highest BCUT2D eigenvalue weighted by Gasteiger charge is 2.28. The van der Waals surface area contributed by atoms with E-state index < -0.39 is 0 Å². The van der Waals surface area contributed by atoms with Crippen molar-refractivity contribution in [2.24, 2.45) is 0 Å². The first-order valence-electron chi connectivity index (χ1n) is 9.11. The molecule has 0 bridgehead atoms. The number of halogens is 3. The van der Waals surface area contributed by atoms with Gasteiger partial charge in [0, 0.05) is 34.6 Å². The van der Waals surface area contributed by atoms with E-state index in [1.165, 1.54) is 6.07 Å². The minimum atomic E-state index is -0.362. The zero-order valence-corrected chi connectivity index (χ0v) is 16.4. The molecule has 4 nitrogen and oxygen atoms in total. The summed E-state index contributed by atoms with van der Waals surface area (Å²) in [6.45, 7) is 0.922. The van der Waals surface area contributed by atoms with Crippen molar-refractivity contribution in [2.45, 2.75) is 32.4 Å². The van der Waals surface area contributed by atoms with E-state index in [0.29, 0.717) is 39.0 Å². The molecule has 0 spiro atoms. The fraction of sp³-hybridized carbons (Fsp3) is 0.286. The van der Waals surface area contributed by atoms with Crippen LogP contribution in [0.5, 0.6) is 5.75 Å². The third kappa shape index (κ3) is 2.81. The van der Waals surface area contributed by atoms with Crippen LogP contribution < -0.4 is 10.4 Å². The van der Waals surface area contributed by atoms with E-state index in [9.17, 15) is 9.18 Å². The molecular weight excluding hydrogens is 404 g/mol. The van der Waals surface area contributed by atoms with Crippen LogP contribution in [0.1, 0.15) is 28.7 Å². The van der Waals surface area contributed by atoms with Gasteiger partial charge >= 0.3 is 5.63 Å². The lowest BCUT2D eigenvalue weighted by molar-refractivity contribution is 0.0881. The second-order valence-corrected chi connectivity index (χ2v) is 8.02. The molecule has 0 radical (unpaired) electrons. The molecule has 3 aromatic rings. The van der Waals surface area contributed by atoms with Gasteiger partial charge in [-0.05, 0) is 43.0 Å². The lowest BCUT2D eigenvalue weighted by Gasteiger charge is -2.30. The van der Waals surface area contributed by atoms with Gasteiger partial charge in [-0.2, -0.15) is 0 Å². The van der Waals surface area contributed by atoms with E-state index in [1.54, 1.807) is 12.1 Å². The summed E-state index contributed by atoms with van der Waals surface area (Å²) in [5.41, 5.74) is 3.10.